The van der Waals surface area contributed by atoms with Gasteiger partial charge in [0.1, 0.15) is 5.75 Å². The number of aryl methyl sites for hydroxylation is 1. The quantitative estimate of drug-likeness (QED) is 0.638. The van der Waals surface area contributed by atoms with Crippen molar-refractivity contribution >= 4 is 11.8 Å². The number of fused-ring (bicyclic) bond motifs is 1. The number of hydrogen-bond donors (Lipinski definition) is 1. The van der Waals surface area contributed by atoms with Crippen molar-refractivity contribution in [2.75, 3.05) is 5.75 Å². The van der Waals surface area contributed by atoms with Crippen LogP contribution in [0.5, 0.6) is 5.75 Å². The van der Waals surface area contributed by atoms with E-state index in [1.807, 2.05) is 23.9 Å². The molecule has 0 aromatic heterocycles. The summed E-state index contributed by atoms with van der Waals surface area (Å²) >= 11 is 1.89. The van der Waals surface area contributed by atoms with Crippen LogP contribution in [-0.2, 0) is 6.42 Å². The van der Waals surface area contributed by atoms with Gasteiger partial charge < -0.3 is 5.11 Å². The minimum absolute atomic E-state index is 0.395. The first-order chi connectivity index (χ1) is 5.36. The molecule has 1 nitrogen and oxygen atoms in total. The highest BCUT2D eigenvalue weighted by Crippen LogP contribution is 2.31. The molecule has 1 N–H and O–H groups in total. The van der Waals surface area contributed by atoms with E-state index in [-0.39, 0.29) is 0 Å². The zero-order valence-electron chi connectivity index (χ0n) is 6.21. The molecule has 0 unspecified atom stereocenters. The molecule has 1 aromatic rings. The Hall–Kier alpha value is -0.630. The summed E-state index contributed by atoms with van der Waals surface area (Å²) < 4.78 is 0. The van der Waals surface area contributed by atoms with Crippen LogP contribution in [-0.4, -0.2) is 10.9 Å². The third kappa shape index (κ3) is 1.36. The van der Waals surface area contributed by atoms with E-state index < -0.39 is 0 Å². The molecule has 0 aliphatic carbocycles. The van der Waals surface area contributed by atoms with Crippen LogP contribution in [0.3, 0.4) is 0 Å². The van der Waals surface area contributed by atoms with Gasteiger partial charge in [-0.1, -0.05) is 0 Å². The van der Waals surface area contributed by atoms with Gasteiger partial charge in [-0.25, -0.2) is 0 Å². The van der Waals surface area contributed by atoms with Gasteiger partial charge in [0.25, 0.3) is 0 Å². The Morgan fingerprint density at radius 3 is 3.18 bits per heavy atom. The number of thioether (sulfide) groups is 1. The summed E-state index contributed by atoms with van der Waals surface area (Å²) in [4.78, 5) is 1.34. The summed E-state index contributed by atoms with van der Waals surface area (Å²) in [5.41, 5.74) is 1.31. The standard InChI is InChI=1S/C9H10OS/c10-8-3-4-9-7(6-8)2-1-5-11-9/h3-4,6,10H,1-2,5H2. The largest absolute Gasteiger partial charge is 0.508 e. The van der Waals surface area contributed by atoms with Crippen molar-refractivity contribution in [2.24, 2.45) is 0 Å². The Kier molecular flexibility index (Phi) is 1.78. The van der Waals surface area contributed by atoms with Crippen LogP contribution in [0.15, 0.2) is 23.1 Å². The lowest BCUT2D eigenvalue weighted by atomic mass is 10.1. The molecule has 0 fully saturated rings. The highest BCUT2D eigenvalue weighted by molar-refractivity contribution is 7.99. The molecule has 11 heavy (non-hydrogen) atoms. The van der Waals surface area contributed by atoms with E-state index >= 15 is 0 Å². The van der Waals surface area contributed by atoms with E-state index in [1.165, 1.54) is 22.6 Å². The zero-order valence-corrected chi connectivity index (χ0v) is 7.03. The predicted molar refractivity (Wildman–Crippen MR) is 47.2 cm³/mol. The second-order valence-corrected chi connectivity index (χ2v) is 3.88. The van der Waals surface area contributed by atoms with E-state index in [9.17, 15) is 5.11 Å². The minimum Gasteiger partial charge on any atom is -0.508 e. The van der Waals surface area contributed by atoms with E-state index in [0.717, 1.165) is 6.42 Å². The minimum atomic E-state index is 0.395. The molecule has 0 saturated heterocycles. The van der Waals surface area contributed by atoms with Gasteiger partial charge in [-0.15, -0.1) is 11.8 Å². The lowest BCUT2D eigenvalue weighted by Gasteiger charge is -2.14. The summed E-state index contributed by atoms with van der Waals surface area (Å²) in [6.45, 7) is 0. The first-order valence-corrected chi connectivity index (χ1v) is 4.79. The second kappa shape index (κ2) is 2.78. The van der Waals surface area contributed by atoms with Gasteiger partial charge in [-0.05, 0) is 42.4 Å². The second-order valence-electron chi connectivity index (χ2n) is 2.74. The van der Waals surface area contributed by atoms with Crippen LogP contribution in [0.4, 0.5) is 0 Å². The van der Waals surface area contributed by atoms with Crippen LogP contribution in [0, 0.1) is 0 Å². The van der Waals surface area contributed by atoms with Crippen molar-refractivity contribution in [1.82, 2.24) is 0 Å². The van der Waals surface area contributed by atoms with E-state index in [0.29, 0.717) is 5.75 Å². The van der Waals surface area contributed by atoms with Crippen LogP contribution >= 0.6 is 11.8 Å². The summed E-state index contributed by atoms with van der Waals surface area (Å²) in [7, 11) is 0. The maximum atomic E-state index is 9.18. The van der Waals surface area contributed by atoms with Gasteiger partial charge >= 0.3 is 0 Å². The number of aromatic hydroxyl groups is 1. The van der Waals surface area contributed by atoms with Crippen molar-refractivity contribution in [3.8, 4) is 5.75 Å². The van der Waals surface area contributed by atoms with E-state index in [2.05, 4.69) is 0 Å². The molecule has 1 heterocycles. The number of phenolic OH excluding ortho intramolecular Hbond substituents is 1. The molecular formula is C9H10OS. The van der Waals surface area contributed by atoms with Crippen LogP contribution in [0.2, 0.25) is 0 Å². The van der Waals surface area contributed by atoms with Gasteiger partial charge in [-0.3, -0.25) is 0 Å². The highest BCUT2D eigenvalue weighted by atomic mass is 32.2. The first kappa shape index (κ1) is 7.04. The van der Waals surface area contributed by atoms with Crippen molar-refractivity contribution in [2.45, 2.75) is 17.7 Å². The Morgan fingerprint density at radius 1 is 1.36 bits per heavy atom. The highest BCUT2D eigenvalue weighted by Gasteiger charge is 2.08. The fourth-order valence-electron chi connectivity index (χ4n) is 1.35. The molecule has 1 aliphatic heterocycles. The van der Waals surface area contributed by atoms with Gasteiger partial charge in [0.05, 0.1) is 0 Å². The van der Waals surface area contributed by atoms with Crippen molar-refractivity contribution < 1.29 is 5.11 Å². The molecule has 1 aromatic carbocycles. The third-order valence-electron chi connectivity index (χ3n) is 1.89. The average Bonchev–Trinajstić information content (AvgIpc) is 2.04. The Morgan fingerprint density at radius 2 is 2.27 bits per heavy atom. The molecule has 0 atom stereocenters. The van der Waals surface area contributed by atoms with Crippen molar-refractivity contribution in [1.29, 1.82) is 0 Å². The Balaban J connectivity index is 2.43. The van der Waals surface area contributed by atoms with Gasteiger partial charge in [0, 0.05) is 4.90 Å². The maximum Gasteiger partial charge on any atom is 0.115 e. The normalized spacial score (nSPS) is 16.0. The number of phenols is 1. The lowest BCUT2D eigenvalue weighted by molar-refractivity contribution is 0.473. The smallest absolute Gasteiger partial charge is 0.115 e. The van der Waals surface area contributed by atoms with E-state index in [4.69, 9.17) is 0 Å². The Bertz CT molecular complexity index is 270. The third-order valence-corrected chi connectivity index (χ3v) is 3.09. The molecule has 58 valence electrons. The topological polar surface area (TPSA) is 20.2 Å². The first-order valence-electron chi connectivity index (χ1n) is 3.81. The van der Waals surface area contributed by atoms with Gasteiger partial charge in [0.2, 0.25) is 0 Å². The maximum absolute atomic E-state index is 9.18. The fourth-order valence-corrected chi connectivity index (χ4v) is 2.37. The summed E-state index contributed by atoms with van der Waals surface area (Å²) in [6.07, 6.45) is 2.36. The number of hydrogen-bond acceptors (Lipinski definition) is 2. The summed E-state index contributed by atoms with van der Waals surface area (Å²) in [5, 5.41) is 9.18. The lowest BCUT2D eigenvalue weighted by Crippen LogP contribution is -1.97. The average molecular weight is 166 g/mol. The van der Waals surface area contributed by atoms with Crippen LogP contribution < -0.4 is 0 Å². The SMILES string of the molecule is Oc1ccc2c(c1)CCCS2. The molecule has 0 amide bonds. The molecule has 0 saturated carbocycles. The molecule has 0 bridgehead atoms. The zero-order chi connectivity index (χ0) is 7.68. The molecule has 0 radical (unpaired) electrons. The monoisotopic (exact) mass is 166 g/mol. The van der Waals surface area contributed by atoms with Crippen LogP contribution in [0.1, 0.15) is 12.0 Å². The number of rotatable bonds is 0. The summed E-state index contributed by atoms with van der Waals surface area (Å²) in [6, 6.07) is 5.65. The van der Waals surface area contributed by atoms with Crippen molar-refractivity contribution in [3.63, 3.8) is 0 Å². The predicted octanol–water partition coefficient (Wildman–Crippen LogP) is 2.43. The molecule has 2 rings (SSSR count). The molecule has 1 aliphatic rings. The van der Waals surface area contributed by atoms with Gasteiger partial charge in [0.15, 0.2) is 0 Å². The van der Waals surface area contributed by atoms with Crippen molar-refractivity contribution in [3.05, 3.63) is 23.8 Å². The fraction of sp³-hybridized carbons (Fsp3) is 0.333. The Labute approximate surface area is 70.4 Å². The molecule has 0 spiro atoms. The van der Waals surface area contributed by atoms with E-state index in [1.54, 1.807) is 6.07 Å². The molecular weight excluding hydrogens is 156 g/mol. The summed E-state index contributed by atoms with van der Waals surface area (Å²) in [5.74, 6) is 1.61. The van der Waals surface area contributed by atoms with Gasteiger partial charge in [-0.2, -0.15) is 0 Å². The number of benzene rings is 1. The molecule has 2 heteroatoms. The van der Waals surface area contributed by atoms with Crippen LogP contribution in [0.25, 0.3) is 0 Å².